The van der Waals surface area contributed by atoms with E-state index in [1.165, 1.54) is 35.2 Å². The molecule has 18 heavy (non-hydrogen) atoms. The number of aryl methyl sites for hydroxylation is 1. The van der Waals surface area contributed by atoms with Crippen LogP contribution in [0.15, 0.2) is 17.2 Å². The summed E-state index contributed by atoms with van der Waals surface area (Å²) in [6.07, 6.45) is 3.46. The van der Waals surface area contributed by atoms with Gasteiger partial charge in [0.1, 0.15) is 10.6 Å². The summed E-state index contributed by atoms with van der Waals surface area (Å²) in [6, 6.07) is 1.20. The van der Waals surface area contributed by atoms with Gasteiger partial charge < -0.3 is 9.67 Å². The van der Waals surface area contributed by atoms with Crippen molar-refractivity contribution < 1.29 is 18.3 Å². The van der Waals surface area contributed by atoms with Crippen molar-refractivity contribution in [2.24, 2.45) is 13.0 Å². The molecule has 100 valence electrons. The normalized spacial score (nSPS) is 16.2. The Morgan fingerprint density at radius 2 is 2.17 bits per heavy atom. The summed E-state index contributed by atoms with van der Waals surface area (Å²) in [7, 11) is -0.534. The molecule has 1 N–H and O–H groups in total. The fraction of sp³-hybridized carbons (Fsp3) is 0.545. The molecule has 0 spiro atoms. The molecule has 1 fully saturated rings. The number of rotatable bonds is 5. The van der Waals surface area contributed by atoms with Gasteiger partial charge in [-0.15, -0.1) is 0 Å². The van der Waals surface area contributed by atoms with Crippen molar-refractivity contribution in [1.29, 1.82) is 0 Å². The van der Waals surface area contributed by atoms with Crippen LogP contribution >= 0.6 is 0 Å². The molecule has 7 heteroatoms. The number of sulfonamides is 1. The highest BCUT2D eigenvalue weighted by Crippen LogP contribution is 2.31. The summed E-state index contributed by atoms with van der Waals surface area (Å²) in [5.41, 5.74) is -0.0339. The molecule has 2 rings (SSSR count). The lowest BCUT2D eigenvalue weighted by molar-refractivity contribution is 0.0686. The first-order valence-electron chi connectivity index (χ1n) is 5.68. The minimum Gasteiger partial charge on any atom is -0.477 e. The predicted molar refractivity (Wildman–Crippen MR) is 64.9 cm³/mol. The second-order valence-corrected chi connectivity index (χ2v) is 6.75. The van der Waals surface area contributed by atoms with Gasteiger partial charge in [-0.25, -0.2) is 17.5 Å². The molecular weight excluding hydrogens is 256 g/mol. The van der Waals surface area contributed by atoms with Gasteiger partial charge in [0.2, 0.25) is 10.0 Å². The molecule has 0 saturated heterocycles. The highest BCUT2D eigenvalue weighted by atomic mass is 32.2. The lowest BCUT2D eigenvalue weighted by Crippen LogP contribution is -2.28. The molecule has 1 aliphatic carbocycles. The summed E-state index contributed by atoms with van der Waals surface area (Å²) < 4.78 is 27.0. The lowest BCUT2D eigenvalue weighted by Gasteiger charge is -2.15. The molecular formula is C11H16N2O4S. The van der Waals surface area contributed by atoms with Crippen LogP contribution in [-0.2, 0) is 17.1 Å². The number of carboxylic acids is 1. The molecule has 1 heterocycles. The smallest absolute Gasteiger partial charge is 0.352 e. The minimum absolute atomic E-state index is 0.0329. The van der Waals surface area contributed by atoms with E-state index in [4.69, 9.17) is 5.11 Å². The van der Waals surface area contributed by atoms with Gasteiger partial charge in [-0.3, -0.25) is 0 Å². The first-order chi connectivity index (χ1) is 8.32. The number of carbonyl (C=O) groups is 1. The summed E-state index contributed by atoms with van der Waals surface area (Å²) in [6.45, 7) is 0.500. The van der Waals surface area contributed by atoms with Crippen LogP contribution in [0, 0.1) is 5.92 Å². The van der Waals surface area contributed by atoms with Gasteiger partial charge in [-0.2, -0.15) is 0 Å². The van der Waals surface area contributed by atoms with E-state index in [0.29, 0.717) is 12.5 Å². The number of aromatic nitrogens is 1. The number of hydrogen-bond acceptors (Lipinski definition) is 3. The van der Waals surface area contributed by atoms with Crippen LogP contribution in [0.4, 0.5) is 0 Å². The first kappa shape index (κ1) is 13.1. The molecule has 0 radical (unpaired) electrons. The number of nitrogens with zero attached hydrogens (tertiary/aromatic N) is 2. The molecule has 1 saturated carbocycles. The van der Waals surface area contributed by atoms with Gasteiger partial charge in [0.25, 0.3) is 0 Å². The summed E-state index contributed by atoms with van der Waals surface area (Å²) >= 11 is 0. The number of carboxylic acid groups (broad SMARTS) is 1. The number of aromatic carboxylic acids is 1. The van der Waals surface area contributed by atoms with Crippen LogP contribution < -0.4 is 0 Å². The monoisotopic (exact) mass is 272 g/mol. The maximum Gasteiger partial charge on any atom is 0.352 e. The summed E-state index contributed by atoms with van der Waals surface area (Å²) in [4.78, 5) is 10.9. The Morgan fingerprint density at radius 1 is 1.56 bits per heavy atom. The Bertz CT molecular complexity index is 572. The van der Waals surface area contributed by atoms with Gasteiger partial charge in [-0.1, -0.05) is 0 Å². The molecule has 0 atom stereocenters. The topological polar surface area (TPSA) is 79.6 Å². The van der Waals surface area contributed by atoms with Crippen LogP contribution in [0.5, 0.6) is 0 Å². The van der Waals surface area contributed by atoms with E-state index in [0.717, 1.165) is 12.8 Å². The van der Waals surface area contributed by atoms with Crippen molar-refractivity contribution >= 4 is 16.0 Å². The molecule has 0 aromatic carbocycles. The Kier molecular flexibility index (Phi) is 3.20. The highest BCUT2D eigenvalue weighted by molar-refractivity contribution is 7.89. The summed E-state index contributed by atoms with van der Waals surface area (Å²) in [5, 5.41) is 8.91. The van der Waals surface area contributed by atoms with E-state index in [9.17, 15) is 13.2 Å². The van der Waals surface area contributed by atoms with Crippen molar-refractivity contribution in [2.75, 3.05) is 13.6 Å². The average molecular weight is 272 g/mol. The third-order valence-electron chi connectivity index (χ3n) is 3.12. The second kappa shape index (κ2) is 4.40. The molecule has 1 aromatic heterocycles. The van der Waals surface area contributed by atoms with E-state index in [-0.39, 0.29) is 10.6 Å². The molecule has 0 aliphatic heterocycles. The van der Waals surface area contributed by atoms with Crippen molar-refractivity contribution in [1.82, 2.24) is 8.87 Å². The largest absolute Gasteiger partial charge is 0.477 e. The van der Waals surface area contributed by atoms with Crippen LogP contribution in [0.1, 0.15) is 23.3 Å². The van der Waals surface area contributed by atoms with Crippen molar-refractivity contribution in [3.63, 3.8) is 0 Å². The molecule has 0 bridgehead atoms. The Balaban J connectivity index is 2.28. The maximum atomic E-state index is 12.2. The zero-order chi connectivity index (χ0) is 13.5. The van der Waals surface area contributed by atoms with Crippen LogP contribution in [0.25, 0.3) is 0 Å². The van der Waals surface area contributed by atoms with E-state index >= 15 is 0 Å². The van der Waals surface area contributed by atoms with E-state index in [2.05, 4.69) is 0 Å². The third kappa shape index (κ3) is 2.41. The molecule has 6 nitrogen and oxygen atoms in total. The standard InChI is InChI=1S/C11H16N2O4S/c1-12-7-9(5-10(12)11(14)15)18(16,17)13(2)6-8-3-4-8/h5,7-8H,3-4,6H2,1-2H3,(H,14,15). The SMILES string of the molecule is CN(CC1CC1)S(=O)(=O)c1cc(C(=O)O)n(C)c1. The Morgan fingerprint density at radius 3 is 2.61 bits per heavy atom. The van der Waals surface area contributed by atoms with E-state index in [1.807, 2.05) is 0 Å². The quantitative estimate of drug-likeness (QED) is 0.858. The van der Waals surface area contributed by atoms with Crippen LogP contribution in [0.3, 0.4) is 0 Å². The zero-order valence-electron chi connectivity index (χ0n) is 10.3. The number of hydrogen-bond donors (Lipinski definition) is 1. The Hall–Kier alpha value is -1.34. The maximum absolute atomic E-state index is 12.2. The zero-order valence-corrected chi connectivity index (χ0v) is 11.1. The molecule has 0 unspecified atom stereocenters. The fourth-order valence-corrected chi connectivity index (χ4v) is 3.15. The van der Waals surface area contributed by atoms with Gasteiger partial charge >= 0.3 is 5.97 Å². The van der Waals surface area contributed by atoms with Crippen LogP contribution in [0.2, 0.25) is 0 Å². The Labute approximate surface area is 106 Å². The molecule has 0 amide bonds. The fourth-order valence-electron chi connectivity index (χ4n) is 1.83. The second-order valence-electron chi connectivity index (χ2n) is 4.71. The van der Waals surface area contributed by atoms with Crippen LogP contribution in [-0.4, -0.2) is 42.0 Å². The average Bonchev–Trinajstić information content (AvgIpc) is 2.98. The predicted octanol–water partition coefficient (Wildman–Crippen LogP) is 0.754. The van der Waals surface area contributed by atoms with Crippen molar-refractivity contribution in [3.8, 4) is 0 Å². The van der Waals surface area contributed by atoms with Gasteiger partial charge in [0, 0.05) is 26.8 Å². The molecule has 1 aliphatic rings. The van der Waals surface area contributed by atoms with Gasteiger partial charge in [-0.05, 0) is 24.8 Å². The van der Waals surface area contributed by atoms with Gasteiger partial charge in [0.05, 0.1) is 0 Å². The van der Waals surface area contributed by atoms with E-state index < -0.39 is 16.0 Å². The lowest BCUT2D eigenvalue weighted by atomic mass is 10.4. The first-order valence-corrected chi connectivity index (χ1v) is 7.12. The third-order valence-corrected chi connectivity index (χ3v) is 4.91. The van der Waals surface area contributed by atoms with Gasteiger partial charge in [0.15, 0.2) is 0 Å². The summed E-state index contributed by atoms with van der Waals surface area (Å²) in [5.74, 6) is -0.684. The minimum atomic E-state index is -3.58. The van der Waals surface area contributed by atoms with E-state index in [1.54, 1.807) is 0 Å². The highest BCUT2D eigenvalue weighted by Gasteiger charge is 2.30. The molecule has 1 aromatic rings. The van der Waals surface area contributed by atoms with Crippen molar-refractivity contribution in [3.05, 3.63) is 18.0 Å². The van der Waals surface area contributed by atoms with Crippen molar-refractivity contribution in [2.45, 2.75) is 17.7 Å².